The van der Waals surface area contributed by atoms with E-state index in [9.17, 15) is 19.5 Å². The molecule has 1 amide bonds. The number of carbonyl (C=O) groups is 3. The molecule has 4 fully saturated rings. The molecule has 0 radical (unpaired) electrons. The summed E-state index contributed by atoms with van der Waals surface area (Å²) in [5.74, 6) is 0.603. The van der Waals surface area contributed by atoms with E-state index in [1.165, 1.54) is 6.92 Å². The summed E-state index contributed by atoms with van der Waals surface area (Å²) in [6.45, 7) is 6.37. The van der Waals surface area contributed by atoms with E-state index in [1.54, 1.807) is 6.08 Å². The van der Waals surface area contributed by atoms with Crippen LogP contribution in [0.1, 0.15) is 78.6 Å². The Morgan fingerprint density at radius 1 is 1.12 bits per heavy atom. The first kappa shape index (κ1) is 23.8. The number of aliphatic hydroxyl groups is 1. The fourth-order valence-corrected chi connectivity index (χ4v) is 8.90. The van der Waals surface area contributed by atoms with E-state index in [4.69, 9.17) is 9.47 Å². The van der Waals surface area contributed by atoms with Crippen molar-refractivity contribution in [3.63, 3.8) is 0 Å². The lowest BCUT2D eigenvalue weighted by Gasteiger charge is -2.63. The Kier molecular flexibility index (Phi) is 5.85. The van der Waals surface area contributed by atoms with Gasteiger partial charge in [-0.3, -0.25) is 9.59 Å². The van der Waals surface area contributed by atoms with Crippen LogP contribution >= 0.6 is 0 Å². The average Bonchev–Trinajstić information content (AvgIpc) is 3.32. The Balaban J connectivity index is 1.29. The fraction of sp³-hybridized carbons (Fsp3) is 0.815. The van der Waals surface area contributed by atoms with E-state index >= 15 is 0 Å². The third-order valence-corrected chi connectivity index (χ3v) is 10.7. The number of fused-ring (bicyclic) bond motifs is 5. The Hall–Kier alpha value is -1.89. The third-order valence-electron chi connectivity index (χ3n) is 10.7. The molecule has 34 heavy (non-hydrogen) atoms. The summed E-state index contributed by atoms with van der Waals surface area (Å²) in [6.07, 6.45) is 10.1. The number of ether oxygens (including phenoxy) is 2. The lowest BCUT2D eigenvalue weighted by atomic mass is 9.43. The molecule has 1 aliphatic heterocycles. The molecule has 5 aliphatic rings. The van der Waals surface area contributed by atoms with Gasteiger partial charge >= 0.3 is 11.9 Å². The molecule has 188 valence electrons. The van der Waals surface area contributed by atoms with Gasteiger partial charge in [-0.2, -0.15) is 0 Å². The molecule has 2 N–H and O–H groups in total. The second-order valence-corrected chi connectivity index (χ2v) is 12.1. The quantitative estimate of drug-likeness (QED) is 0.608. The summed E-state index contributed by atoms with van der Waals surface area (Å²) in [4.78, 5) is 35.0. The normalized spacial score (nSPS) is 45.4. The van der Waals surface area contributed by atoms with Crippen molar-refractivity contribution in [1.29, 1.82) is 0 Å². The van der Waals surface area contributed by atoms with Crippen LogP contribution < -0.4 is 5.32 Å². The van der Waals surface area contributed by atoms with Gasteiger partial charge in [-0.1, -0.05) is 13.8 Å². The highest BCUT2D eigenvalue weighted by Crippen LogP contribution is 2.70. The van der Waals surface area contributed by atoms with Gasteiger partial charge in [0, 0.05) is 18.4 Å². The van der Waals surface area contributed by atoms with E-state index in [0.717, 1.165) is 63.4 Å². The Morgan fingerprint density at radius 3 is 2.62 bits per heavy atom. The molecule has 0 aromatic carbocycles. The van der Waals surface area contributed by atoms with Crippen molar-refractivity contribution in [3.8, 4) is 0 Å². The predicted molar refractivity (Wildman–Crippen MR) is 124 cm³/mol. The van der Waals surface area contributed by atoms with E-state index < -0.39 is 5.60 Å². The maximum atomic E-state index is 12.3. The second kappa shape index (κ2) is 8.35. The summed E-state index contributed by atoms with van der Waals surface area (Å²) in [5.41, 5.74) is 0.295. The number of amides is 1. The van der Waals surface area contributed by atoms with Crippen molar-refractivity contribution in [1.82, 2.24) is 5.32 Å². The molecule has 5 rings (SSSR count). The van der Waals surface area contributed by atoms with Crippen LogP contribution in [0.4, 0.5) is 0 Å². The molecular weight excluding hydrogens is 434 g/mol. The fourth-order valence-electron chi connectivity index (χ4n) is 8.90. The van der Waals surface area contributed by atoms with Gasteiger partial charge in [-0.25, -0.2) is 4.79 Å². The lowest BCUT2D eigenvalue weighted by molar-refractivity contribution is -0.210. The molecule has 4 saturated carbocycles. The van der Waals surface area contributed by atoms with Gasteiger partial charge in [0.25, 0.3) is 0 Å². The standard InChI is InChI=1S/C27H39NO6/c1-16(29)28-14-24(31)34-19-6-9-25(2)18(13-19)4-5-22-21(25)7-10-26(3)20(8-11-27(22,26)32)17-12-23(30)33-15-17/h12,18-22,32H,4-11,13-15H2,1-3H3,(H,28,29). The van der Waals surface area contributed by atoms with Crippen molar-refractivity contribution in [2.75, 3.05) is 13.2 Å². The molecule has 0 saturated heterocycles. The average molecular weight is 474 g/mol. The van der Waals surface area contributed by atoms with Gasteiger partial charge in [0.1, 0.15) is 19.3 Å². The molecule has 4 aliphatic carbocycles. The van der Waals surface area contributed by atoms with Gasteiger partial charge < -0.3 is 19.9 Å². The first-order valence-corrected chi connectivity index (χ1v) is 13.1. The van der Waals surface area contributed by atoms with Gasteiger partial charge in [-0.15, -0.1) is 0 Å². The molecule has 7 nitrogen and oxygen atoms in total. The SMILES string of the molecule is CC(=O)NCC(=O)OC1CCC2(C)C(CCC3C2CCC2(C)C(C4=CC(=O)OC4)CCC32O)C1. The maximum Gasteiger partial charge on any atom is 0.331 e. The number of hydrogen-bond acceptors (Lipinski definition) is 6. The number of hydrogen-bond donors (Lipinski definition) is 2. The first-order valence-electron chi connectivity index (χ1n) is 13.1. The minimum absolute atomic E-state index is 0.0711. The van der Waals surface area contributed by atoms with Crippen molar-refractivity contribution in [3.05, 3.63) is 11.6 Å². The topological polar surface area (TPSA) is 102 Å². The third kappa shape index (κ3) is 3.61. The highest BCUT2D eigenvalue weighted by atomic mass is 16.5. The largest absolute Gasteiger partial charge is 0.461 e. The zero-order valence-electron chi connectivity index (χ0n) is 20.7. The number of rotatable bonds is 4. The van der Waals surface area contributed by atoms with Crippen molar-refractivity contribution in [2.24, 2.45) is 34.5 Å². The predicted octanol–water partition coefficient (Wildman–Crippen LogP) is 3.29. The molecule has 8 unspecified atom stereocenters. The molecule has 8 atom stereocenters. The van der Waals surface area contributed by atoms with Crippen LogP contribution in [-0.2, 0) is 23.9 Å². The summed E-state index contributed by atoms with van der Waals surface area (Å²) in [6, 6.07) is 0. The number of esters is 2. The zero-order chi connectivity index (χ0) is 24.3. The molecular formula is C27H39NO6. The molecule has 0 aromatic rings. The Morgan fingerprint density at radius 2 is 1.91 bits per heavy atom. The summed E-state index contributed by atoms with van der Waals surface area (Å²) < 4.78 is 10.9. The van der Waals surface area contributed by atoms with E-state index in [0.29, 0.717) is 18.4 Å². The minimum atomic E-state index is -0.706. The van der Waals surface area contributed by atoms with Gasteiger partial charge in [0.2, 0.25) is 5.91 Å². The smallest absolute Gasteiger partial charge is 0.331 e. The summed E-state index contributed by atoms with van der Waals surface area (Å²) in [5, 5.41) is 14.8. The summed E-state index contributed by atoms with van der Waals surface area (Å²) in [7, 11) is 0. The van der Waals surface area contributed by atoms with Gasteiger partial charge in [0.05, 0.1) is 5.60 Å². The van der Waals surface area contributed by atoms with E-state index in [1.807, 2.05) is 0 Å². The molecule has 1 heterocycles. The van der Waals surface area contributed by atoms with Crippen molar-refractivity contribution >= 4 is 17.8 Å². The van der Waals surface area contributed by atoms with Crippen LogP contribution in [-0.4, -0.2) is 47.8 Å². The first-order chi connectivity index (χ1) is 16.1. The van der Waals surface area contributed by atoms with E-state index in [-0.39, 0.29) is 53.2 Å². The molecule has 0 aromatic heterocycles. The van der Waals surface area contributed by atoms with Gasteiger partial charge in [-0.05, 0) is 92.4 Å². The van der Waals surface area contributed by atoms with Crippen LogP contribution in [0.2, 0.25) is 0 Å². The van der Waals surface area contributed by atoms with Crippen LogP contribution in [0.15, 0.2) is 11.6 Å². The van der Waals surface area contributed by atoms with Crippen LogP contribution in [0, 0.1) is 34.5 Å². The van der Waals surface area contributed by atoms with Crippen molar-refractivity contribution < 1.29 is 29.0 Å². The van der Waals surface area contributed by atoms with Gasteiger partial charge in [0.15, 0.2) is 0 Å². The monoisotopic (exact) mass is 473 g/mol. The number of carbonyl (C=O) groups excluding carboxylic acids is 3. The molecule has 0 spiro atoms. The highest BCUT2D eigenvalue weighted by Gasteiger charge is 2.67. The lowest BCUT2D eigenvalue weighted by Crippen LogP contribution is -2.62. The van der Waals surface area contributed by atoms with Crippen LogP contribution in [0.25, 0.3) is 0 Å². The Labute approximate surface area is 202 Å². The minimum Gasteiger partial charge on any atom is -0.461 e. The molecule has 7 heteroatoms. The molecule has 0 bridgehead atoms. The number of cyclic esters (lactones) is 1. The summed E-state index contributed by atoms with van der Waals surface area (Å²) >= 11 is 0. The maximum absolute atomic E-state index is 12.3. The highest BCUT2D eigenvalue weighted by molar-refractivity contribution is 5.85. The second-order valence-electron chi connectivity index (χ2n) is 12.1. The van der Waals surface area contributed by atoms with E-state index in [2.05, 4.69) is 19.2 Å². The van der Waals surface area contributed by atoms with Crippen molar-refractivity contribution in [2.45, 2.75) is 90.3 Å². The van der Waals surface area contributed by atoms with Crippen LogP contribution in [0.5, 0.6) is 0 Å². The number of nitrogens with one attached hydrogen (secondary N) is 1. The zero-order valence-corrected chi connectivity index (χ0v) is 20.7. The van der Waals surface area contributed by atoms with Crippen LogP contribution in [0.3, 0.4) is 0 Å². The Bertz CT molecular complexity index is 915.